The molecule has 1 aromatic rings. The Morgan fingerprint density at radius 2 is 1.93 bits per heavy atom. The average Bonchev–Trinajstić information content (AvgIpc) is 2.26. The van der Waals surface area contributed by atoms with Crippen LogP contribution >= 0.6 is 0 Å². The maximum Gasteiger partial charge on any atom is 0.0790 e. The van der Waals surface area contributed by atoms with Crippen molar-refractivity contribution in [1.29, 1.82) is 0 Å². The fourth-order valence-electron chi connectivity index (χ4n) is 1.45. The highest BCUT2D eigenvalue weighted by Crippen LogP contribution is 2.20. The fraction of sp³-hybridized carbons (Fsp3) is 0.500. The molecule has 2 unspecified atom stereocenters. The molecule has 1 aromatic carbocycles. The summed E-state index contributed by atoms with van der Waals surface area (Å²) in [6, 6.07) is 7.36. The summed E-state index contributed by atoms with van der Waals surface area (Å²) in [6.07, 6.45) is 4.19. The van der Waals surface area contributed by atoms with Crippen molar-refractivity contribution in [2.75, 3.05) is 6.26 Å². The van der Waals surface area contributed by atoms with E-state index in [2.05, 4.69) is 6.92 Å². The number of hydrogen-bond acceptors (Lipinski definition) is 2. The van der Waals surface area contributed by atoms with E-state index in [9.17, 15) is 9.32 Å². The Balaban J connectivity index is 2.66. The topological polar surface area (TPSA) is 37.3 Å². The molecule has 0 saturated carbocycles. The molecule has 2 nitrogen and oxygen atoms in total. The van der Waals surface area contributed by atoms with E-state index in [-0.39, 0.29) is 6.10 Å². The summed E-state index contributed by atoms with van der Waals surface area (Å²) < 4.78 is 11.1. The molecular weight excluding hydrogens is 208 g/mol. The highest BCUT2D eigenvalue weighted by atomic mass is 32.2. The van der Waals surface area contributed by atoms with E-state index in [1.807, 2.05) is 24.3 Å². The van der Waals surface area contributed by atoms with Gasteiger partial charge in [0.25, 0.3) is 0 Å². The summed E-state index contributed by atoms with van der Waals surface area (Å²) in [4.78, 5) is 0.807. The number of hydrogen-bond donors (Lipinski definition) is 1. The minimum Gasteiger partial charge on any atom is -0.388 e. The molecule has 2 atom stereocenters. The van der Waals surface area contributed by atoms with E-state index in [1.165, 1.54) is 0 Å². The molecule has 0 spiro atoms. The SMILES string of the molecule is CCCCC(O)c1ccc(S(C)=O)cc1. The molecule has 0 heterocycles. The standard InChI is InChI=1S/C12H18O2S/c1-3-4-5-12(13)10-6-8-11(9-7-10)15(2)14/h6-9,12-13H,3-5H2,1-2H3. The van der Waals surface area contributed by atoms with Crippen LogP contribution in [0.25, 0.3) is 0 Å². The Hall–Kier alpha value is -0.670. The van der Waals surface area contributed by atoms with Gasteiger partial charge in [-0.25, -0.2) is 0 Å². The maximum atomic E-state index is 11.1. The largest absolute Gasteiger partial charge is 0.388 e. The molecule has 0 aliphatic carbocycles. The summed E-state index contributed by atoms with van der Waals surface area (Å²) in [6.45, 7) is 2.11. The van der Waals surface area contributed by atoms with Crippen molar-refractivity contribution in [2.24, 2.45) is 0 Å². The smallest absolute Gasteiger partial charge is 0.0790 e. The first-order valence-corrected chi connectivity index (χ1v) is 6.82. The van der Waals surface area contributed by atoms with Crippen LogP contribution in [0.4, 0.5) is 0 Å². The minimum atomic E-state index is -0.937. The molecule has 0 aliphatic heterocycles. The van der Waals surface area contributed by atoms with Crippen LogP contribution in [0.3, 0.4) is 0 Å². The molecule has 0 radical (unpaired) electrons. The van der Waals surface area contributed by atoms with Gasteiger partial charge in [0, 0.05) is 22.0 Å². The van der Waals surface area contributed by atoms with Gasteiger partial charge in [0.1, 0.15) is 0 Å². The number of rotatable bonds is 5. The third-order valence-corrected chi connectivity index (χ3v) is 3.36. The molecule has 84 valence electrons. The van der Waals surface area contributed by atoms with Crippen LogP contribution in [0.15, 0.2) is 29.2 Å². The second-order valence-corrected chi connectivity index (χ2v) is 5.06. The van der Waals surface area contributed by atoms with Crippen molar-refractivity contribution in [2.45, 2.75) is 37.2 Å². The quantitative estimate of drug-likeness (QED) is 0.838. The Kier molecular flexibility index (Phi) is 4.99. The lowest BCUT2D eigenvalue weighted by Gasteiger charge is -2.10. The molecule has 1 rings (SSSR count). The van der Waals surface area contributed by atoms with Crippen LogP contribution in [0.2, 0.25) is 0 Å². The summed E-state index contributed by atoms with van der Waals surface area (Å²) in [5, 5.41) is 9.81. The van der Waals surface area contributed by atoms with Gasteiger partial charge in [-0.3, -0.25) is 4.21 Å². The molecule has 0 amide bonds. The number of aliphatic hydroxyl groups is 1. The van der Waals surface area contributed by atoms with E-state index in [0.29, 0.717) is 0 Å². The molecule has 1 N–H and O–H groups in total. The van der Waals surface area contributed by atoms with Crippen molar-refractivity contribution >= 4 is 10.8 Å². The first-order chi connectivity index (χ1) is 7.15. The number of benzene rings is 1. The van der Waals surface area contributed by atoms with E-state index in [0.717, 1.165) is 29.7 Å². The van der Waals surface area contributed by atoms with Gasteiger partial charge in [0.05, 0.1) is 6.10 Å². The van der Waals surface area contributed by atoms with E-state index < -0.39 is 10.8 Å². The van der Waals surface area contributed by atoms with Crippen molar-refractivity contribution in [3.05, 3.63) is 29.8 Å². The number of unbranched alkanes of at least 4 members (excludes halogenated alkanes) is 1. The molecule has 3 heteroatoms. The van der Waals surface area contributed by atoms with Crippen molar-refractivity contribution in [3.8, 4) is 0 Å². The van der Waals surface area contributed by atoms with E-state index >= 15 is 0 Å². The molecule has 0 fully saturated rings. The van der Waals surface area contributed by atoms with Gasteiger partial charge in [0.15, 0.2) is 0 Å². The molecule has 15 heavy (non-hydrogen) atoms. The summed E-state index contributed by atoms with van der Waals surface area (Å²) in [5.74, 6) is 0. The highest BCUT2D eigenvalue weighted by Gasteiger charge is 2.06. The lowest BCUT2D eigenvalue weighted by Crippen LogP contribution is -1.97. The molecule has 0 aliphatic rings. The van der Waals surface area contributed by atoms with Crippen LogP contribution in [0.1, 0.15) is 37.9 Å². The van der Waals surface area contributed by atoms with Gasteiger partial charge >= 0.3 is 0 Å². The summed E-state index contributed by atoms with van der Waals surface area (Å²) in [5.41, 5.74) is 0.914. The van der Waals surface area contributed by atoms with Gasteiger partial charge in [0.2, 0.25) is 0 Å². The molecule has 0 bridgehead atoms. The zero-order chi connectivity index (χ0) is 11.3. The first-order valence-electron chi connectivity index (χ1n) is 5.26. The van der Waals surface area contributed by atoms with E-state index in [4.69, 9.17) is 0 Å². The first kappa shape index (κ1) is 12.4. The lowest BCUT2D eigenvalue weighted by atomic mass is 10.0. The predicted octanol–water partition coefficient (Wildman–Crippen LogP) is 2.65. The third kappa shape index (κ3) is 3.76. The fourth-order valence-corrected chi connectivity index (χ4v) is 1.97. The van der Waals surface area contributed by atoms with Crippen LogP contribution in [0.5, 0.6) is 0 Å². The highest BCUT2D eigenvalue weighted by molar-refractivity contribution is 7.84. The Labute approximate surface area is 93.8 Å². The van der Waals surface area contributed by atoms with Crippen LogP contribution in [0, 0.1) is 0 Å². The van der Waals surface area contributed by atoms with Crippen molar-refractivity contribution in [1.82, 2.24) is 0 Å². The predicted molar refractivity (Wildman–Crippen MR) is 63.3 cm³/mol. The van der Waals surface area contributed by atoms with Gasteiger partial charge in [-0.05, 0) is 24.1 Å². The van der Waals surface area contributed by atoms with E-state index in [1.54, 1.807) is 6.26 Å². The third-order valence-electron chi connectivity index (χ3n) is 2.43. The van der Waals surface area contributed by atoms with Gasteiger partial charge in [-0.2, -0.15) is 0 Å². The van der Waals surface area contributed by atoms with Gasteiger partial charge in [-0.15, -0.1) is 0 Å². The van der Waals surface area contributed by atoms with Crippen molar-refractivity contribution < 1.29 is 9.32 Å². The minimum absolute atomic E-state index is 0.385. The zero-order valence-corrected chi connectivity index (χ0v) is 10.1. The molecule has 0 aromatic heterocycles. The second-order valence-electron chi connectivity index (χ2n) is 3.68. The Bertz CT molecular complexity index is 319. The van der Waals surface area contributed by atoms with Crippen LogP contribution in [-0.4, -0.2) is 15.6 Å². The normalized spacial score (nSPS) is 14.9. The Morgan fingerprint density at radius 3 is 2.40 bits per heavy atom. The van der Waals surface area contributed by atoms with Crippen LogP contribution < -0.4 is 0 Å². The monoisotopic (exact) mass is 226 g/mol. The second kappa shape index (κ2) is 6.03. The molecule has 0 saturated heterocycles. The summed E-state index contributed by atoms with van der Waals surface area (Å²) >= 11 is 0. The van der Waals surface area contributed by atoms with Gasteiger partial charge < -0.3 is 5.11 Å². The maximum absolute atomic E-state index is 11.1. The zero-order valence-electron chi connectivity index (χ0n) is 9.27. The molecular formula is C12H18O2S. The van der Waals surface area contributed by atoms with Gasteiger partial charge in [-0.1, -0.05) is 31.9 Å². The van der Waals surface area contributed by atoms with Crippen LogP contribution in [-0.2, 0) is 10.8 Å². The average molecular weight is 226 g/mol. The number of aliphatic hydroxyl groups excluding tert-OH is 1. The van der Waals surface area contributed by atoms with Crippen molar-refractivity contribution in [3.63, 3.8) is 0 Å². The Morgan fingerprint density at radius 1 is 1.33 bits per heavy atom. The lowest BCUT2D eigenvalue weighted by molar-refractivity contribution is 0.164. The summed E-state index contributed by atoms with van der Waals surface area (Å²) in [7, 11) is -0.937.